The molecule has 0 aliphatic carbocycles. The number of aryl methyl sites for hydroxylation is 1. The molecule has 2 N–H and O–H groups in total. The van der Waals surface area contributed by atoms with Gasteiger partial charge in [0.2, 0.25) is 0 Å². The van der Waals surface area contributed by atoms with Crippen molar-refractivity contribution in [2.45, 2.75) is 26.4 Å². The highest BCUT2D eigenvalue weighted by Crippen LogP contribution is 2.21. The Morgan fingerprint density at radius 1 is 1.22 bits per heavy atom. The molecule has 3 rings (SSSR count). The molecule has 1 amide bonds. The third kappa shape index (κ3) is 3.51. The van der Waals surface area contributed by atoms with Gasteiger partial charge in [-0.05, 0) is 41.0 Å². The molecule has 23 heavy (non-hydrogen) atoms. The highest BCUT2D eigenvalue weighted by Gasteiger charge is 2.08. The molecule has 1 aromatic heterocycles. The fourth-order valence-electron chi connectivity index (χ4n) is 2.51. The van der Waals surface area contributed by atoms with Gasteiger partial charge in [0.05, 0.1) is 11.8 Å². The first-order valence-corrected chi connectivity index (χ1v) is 7.68. The number of benzene rings is 2. The lowest BCUT2D eigenvalue weighted by atomic mass is 10.1. The highest BCUT2D eigenvalue weighted by atomic mass is 16.3. The normalized spacial score (nSPS) is 10.8. The first-order valence-electron chi connectivity index (χ1n) is 7.68. The fourth-order valence-corrected chi connectivity index (χ4v) is 2.51. The number of nitrogens with zero attached hydrogens (tertiary/aromatic N) is 2. The monoisotopic (exact) mass is 309 g/mol. The number of carbonyl (C=O) groups excluding carboxylic acids is 1. The molecule has 1 heterocycles. The minimum atomic E-state index is -0.127. The Morgan fingerprint density at radius 2 is 2.00 bits per heavy atom. The van der Waals surface area contributed by atoms with Crippen LogP contribution in [0.2, 0.25) is 0 Å². The maximum Gasteiger partial charge on any atom is 0.254 e. The molecule has 0 saturated heterocycles. The third-order valence-electron chi connectivity index (χ3n) is 3.69. The number of aromatic nitrogens is 2. The Hall–Kier alpha value is -2.82. The SMILES string of the molecule is CCCn1cc(C(=O)NCc2ccc3cc(O)ccc3c2)cn1. The molecule has 118 valence electrons. The molecule has 5 nitrogen and oxygen atoms in total. The van der Waals surface area contributed by atoms with E-state index in [-0.39, 0.29) is 11.7 Å². The molecule has 0 bridgehead atoms. The zero-order chi connectivity index (χ0) is 16.2. The van der Waals surface area contributed by atoms with Gasteiger partial charge in [0.15, 0.2) is 0 Å². The Morgan fingerprint density at radius 3 is 2.83 bits per heavy atom. The number of aromatic hydroxyl groups is 1. The van der Waals surface area contributed by atoms with Crippen molar-refractivity contribution in [3.8, 4) is 5.75 Å². The van der Waals surface area contributed by atoms with Crippen molar-refractivity contribution in [3.63, 3.8) is 0 Å². The van der Waals surface area contributed by atoms with E-state index in [1.54, 1.807) is 29.2 Å². The van der Waals surface area contributed by atoms with Crippen molar-refractivity contribution in [1.82, 2.24) is 15.1 Å². The molecule has 0 unspecified atom stereocenters. The van der Waals surface area contributed by atoms with Gasteiger partial charge in [-0.3, -0.25) is 9.48 Å². The second-order valence-electron chi connectivity index (χ2n) is 5.54. The van der Waals surface area contributed by atoms with Gasteiger partial charge in [-0.25, -0.2) is 0 Å². The van der Waals surface area contributed by atoms with Crippen molar-refractivity contribution < 1.29 is 9.90 Å². The number of rotatable bonds is 5. The number of hydrogen-bond acceptors (Lipinski definition) is 3. The highest BCUT2D eigenvalue weighted by molar-refractivity contribution is 5.93. The van der Waals surface area contributed by atoms with Crippen LogP contribution in [0.15, 0.2) is 48.8 Å². The number of amides is 1. The van der Waals surface area contributed by atoms with Crippen LogP contribution in [-0.2, 0) is 13.1 Å². The smallest absolute Gasteiger partial charge is 0.254 e. The van der Waals surface area contributed by atoms with Crippen molar-refractivity contribution in [1.29, 1.82) is 0 Å². The Balaban J connectivity index is 1.67. The Kier molecular flexibility index (Phi) is 4.28. The fraction of sp³-hybridized carbons (Fsp3) is 0.222. The van der Waals surface area contributed by atoms with Gasteiger partial charge < -0.3 is 10.4 Å². The van der Waals surface area contributed by atoms with Crippen LogP contribution >= 0.6 is 0 Å². The predicted molar refractivity (Wildman–Crippen MR) is 89.3 cm³/mol. The van der Waals surface area contributed by atoms with Gasteiger partial charge in [0, 0.05) is 19.3 Å². The van der Waals surface area contributed by atoms with Gasteiger partial charge in [-0.2, -0.15) is 5.10 Å². The van der Waals surface area contributed by atoms with E-state index in [9.17, 15) is 9.90 Å². The molecule has 0 spiro atoms. The summed E-state index contributed by atoms with van der Waals surface area (Å²) in [6, 6.07) is 11.1. The van der Waals surface area contributed by atoms with E-state index in [4.69, 9.17) is 0 Å². The number of phenolic OH excluding ortho intramolecular Hbond substituents is 1. The average Bonchev–Trinajstić information content (AvgIpc) is 3.01. The summed E-state index contributed by atoms with van der Waals surface area (Å²) >= 11 is 0. The van der Waals surface area contributed by atoms with Crippen LogP contribution in [0.4, 0.5) is 0 Å². The summed E-state index contributed by atoms with van der Waals surface area (Å²) in [5, 5.41) is 18.6. The van der Waals surface area contributed by atoms with E-state index in [2.05, 4.69) is 17.3 Å². The molecule has 0 aliphatic heterocycles. The molecular formula is C18H19N3O2. The minimum Gasteiger partial charge on any atom is -0.508 e. The Labute approximate surface area is 134 Å². The number of hydrogen-bond donors (Lipinski definition) is 2. The van der Waals surface area contributed by atoms with E-state index < -0.39 is 0 Å². The molecule has 0 atom stereocenters. The van der Waals surface area contributed by atoms with Crippen molar-refractivity contribution in [2.24, 2.45) is 0 Å². The topological polar surface area (TPSA) is 67.2 Å². The largest absolute Gasteiger partial charge is 0.508 e. The summed E-state index contributed by atoms with van der Waals surface area (Å²) in [7, 11) is 0. The van der Waals surface area contributed by atoms with Gasteiger partial charge >= 0.3 is 0 Å². The standard InChI is InChI=1S/C18H19N3O2/c1-2-7-21-12-16(11-20-21)18(23)19-10-13-3-4-15-9-17(22)6-5-14(15)8-13/h3-6,8-9,11-12,22H,2,7,10H2,1H3,(H,19,23). The molecule has 0 aliphatic rings. The average molecular weight is 309 g/mol. The van der Waals surface area contributed by atoms with Gasteiger partial charge in [-0.15, -0.1) is 0 Å². The van der Waals surface area contributed by atoms with E-state index in [1.807, 2.05) is 24.3 Å². The van der Waals surface area contributed by atoms with Gasteiger partial charge in [0.25, 0.3) is 5.91 Å². The van der Waals surface area contributed by atoms with E-state index in [1.165, 1.54) is 0 Å². The molecule has 5 heteroatoms. The van der Waals surface area contributed by atoms with Crippen LogP contribution in [0.3, 0.4) is 0 Å². The lowest BCUT2D eigenvalue weighted by Gasteiger charge is -2.06. The number of carbonyl (C=O) groups is 1. The first kappa shape index (κ1) is 15.1. The zero-order valence-electron chi connectivity index (χ0n) is 13.0. The Bertz CT molecular complexity index is 839. The second-order valence-corrected chi connectivity index (χ2v) is 5.54. The predicted octanol–water partition coefficient (Wildman–Crippen LogP) is 3.08. The first-order chi connectivity index (χ1) is 11.2. The summed E-state index contributed by atoms with van der Waals surface area (Å²) in [5.74, 6) is 0.126. The lowest BCUT2D eigenvalue weighted by Crippen LogP contribution is -2.22. The number of phenols is 1. The van der Waals surface area contributed by atoms with E-state index in [0.29, 0.717) is 12.1 Å². The summed E-state index contributed by atoms with van der Waals surface area (Å²) < 4.78 is 1.78. The molecule has 2 aromatic carbocycles. The number of nitrogens with one attached hydrogen (secondary N) is 1. The van der Waals surface area contributed by atoms with E-state index >= 15 is 0 Å². The van der Waals surface area contributed by atoms with Gasteiger partial charge in [0.1, 0.15) is 5.75 Å². The summed E-state index contributed by atoms with van der Waals surface area (Å²) in [5.41, 5.74) is 1.58. The minimum absolute atomic E-state index is 0.127. The second kappa shape index (κ2) is 6.52. The zero-order valence-corrected chi connectivity index (χ0v) is 13.0. The lowest BCUT2D eigenvalue weighted by molar-refractivity contribution is 0.0951. The quantitative estimate of drug-likeness (QED) is 0.761. The third-order valence-corrected chi connectivity index (χ3v) is 3.69. The van der Waals surface area contributed by atoms with Crippen LogP contribution in [0.25, 0.3) is 10.8 Å². The summed E-state index contributed by atoms with van der Waals surface area (Å²) in [6.07, 6.45) is 4.34. The van der Waals surface area contributed by atoms with Crippen LogP contribution in [-0.4, -0.2) is 20.8 Å². The molecule has 0 radical (unpaired) electrons. The van der Waals surface area contributed by atoms with Crippen LogP contribution in [0.5, 0.6) is 5.75 Å². The molecule has 3 aromatic rings. The summed E-state index contributed by atoms with van der Waals surface area (Å²) in [6.45, 7) is 3.33. The van der Waals surface area contributed by atoms with Crippen LogP contribution in [0, 0.1) is 0 Å². The van der Waals surface area contributed by atoms with Crippen LogP contribution < -0.4 is 5.32 Å². The number of fused-ring (bicyclic) bond motifs is 1. The van der Waals surface area contributed by atoms with Crippen LogP contribution in [0.1, 0.15) is 29.3 Å². The molecular weight excluding hydrogens is 290 g/mol. The van der Waals surface area contributed by atoms with E-state index in [0.717, 1.165) is 29.3 Å². The summed E-state index contributed by atoms with van der Waals surface area (Å²) in [4.78, 5) is 12.1. The van der Waals surface area contributed by atoms with Crippen molar-refractivity contribution in [2.75, 3.05) is 0 Å². The maximum absolute atomic E-state index is 12.1. The molecule has 0 fully saturated rings. The maximum atomic E-state index is 12.1. The van der Waals surface area contributed by atoms with Crippen molar-refractivity contribution in [3.05, 3.63) is 59.9 Å². The van der Waals surface area contributed by atoms with Crippen molar-refractivity contribution >= 4 is 16.7 Å². The van der Waals surface area contributed by atoms with Gasteiger partial charge in [-0.1, -0.05) is 25.1 Å². The molecule has 0 saturated carbocycles.